The number of carbonyl (C=O) groups is 3. The molecule has 8 nitrogen and oxygen atoms in total. The van der Waals surface area contributed by atoms with E-state index in [4.69, 9.17) is 0 Å². The number of nitrogens with one attached hydrogen (secondary N) is 2. The lowest BCUT2D eigenvalue weighted by atomic mass is 9.92. The van der Waals surface area contributed by atoms with Crippen molar-refractivity contribution in [1.29, 1.82) is 0 Å². The van der Waals surface area contributed by atoms with Crippen LogP contribution in [0, 0.1) is 5.82 Å². The highest BCUT2D eigenvalue weighted by Gasteiger charge is 2.49. The van der Waals surface area contributed by atoms with Crippen LogP contribution in [0.5, 0.6) is 0 Å². The first kappa shape index (κ1) is 20.6. The molecule has 0 aliphatic carbocycles. The van der Waals surface area contributed by atoms with Crippen molar-refractivity contribution in [3.05, 3.63) is 70.6 Å². The Labute approximate surface area is 181 Å². The molecule has 1 fully saturated rings. The first-order chi connectivity index (χ1) is 14.9. The lowest BCUT2D eigenvalue weighted by molar-refractivity contribution is -0.134. The van der Waals surface area contributed by atoms with Crippen LogP contribution in [0.2, 0.25) is 0 Å². The minimum absolute atomic E-state index is 0.174. The van der Waals surface area contributed by atoms with Crippen molar-refractivity contribution >= 4 is 29.2 Å². The molecule has 1 unspecified atom stereocenters. The summed E-state index contributed by atoms with van der Waals surface area (Å²) in [6.45, 7) is 1.27. The van der Waals surface area contributed by atoms with E-state index >= 15 is 0 Å². The van der Waals surface area contributed by atoms with Crippen molar-refractivity contribution < 1.29 is 18.8 Å². The zero-order valence-corrected chi connectivity index (χ0v) is 17.3. The fourth-order valence-electron chi connectivity index (χ4n) is 3.24. The molecule has 0 radical (unpaired) electrons. The molecule has 10 heteroatoms. The molecule has 3 aromatic rings. The summed E-state index contributed by atoms with van der Waals surface area (Å²) in [5.41, 5.74) is 0.769. The van der Waals surface area contributed by atoms with Crippen LogP contribution in [-0.4, -0.2) is 39.3 Å². The quantitative estimate of drug-likeness (QED) is 0.574. The Morgan fingerprint density at radius 2 is 1.90 bits per heavy atom. The van der Waals surface area contributed by atoms with Gasteiger partial charge in [0.05, 0.1) is 12.2 Å². The zero-order chi connectivity index (χ0) is 22.0. The van der Waals surface area contributed by atoms with Gasteiger partial charge in [-0.15, -0.1) is 11.3 Å². The summed E-state index contributed by atoms with van der Waals surface area (Å²) >= 11 is 1.39. The number of nitrogens with zero attached hydrogens (tertiary/aromatic N) is 3. The number of benzene rings is 1. The number of thiazole rings is 1. The van der Waals surface area contributed by atoms with Crippen LogP contribution in [0.3, 0.4) is 0 Å². The van der Waals surface area contributed by atoms with Crippen LogP contribution >= 0.6 is 11.3 Å². The number of amides is 4. The molecule has 1 aromatic carbocycles. The number of carbonyl (C=O) groups excluding carboxylic acids is 3. The summed E-state index contributed by atoms with van der Waals surface area (Å²) in [6.07, 6.45) is 3.35. The van der Waals surface area contributed by atoms with Crippen LogP contribution in [0.15, 0.2) is 54.2 Å². The predicted molar refractivity (Wildman–Crippen MR) is 111 cm³/mol. The molecule has 1 aliphatic heterocycles. The Morgan fingerprint density at radius 1 is 1.19 bits per heavy atom. The van der Waals surface area contributed by atoms with E-state index in [1.54, 1.807) is 12.4 Å². The third-order valence-electron chi connectivity index (χ3n) is 4.96. The number of aromatic nitrogens is 2. The third-order valence-corrected chi connectivity index (χ3v) is 5.81. The molecule has 158 valence electrons. The van der Waals surface area contributed by atoms with Gasteiger partial charge in [0, 0.05) is 23.3 Å². The minimum atomic E-state index is -1.36. The second-order valence-electron chi connectivity index (χ2n) is 7.09. The van der Waals surface area contributed by atoms with Crippen LogP contribution in [-0.2, 0) is 21.7 Å². The molecule has 2 aromatic heterocycles. The van der Waals surface area contributed by atoms with Crippen molar-refractivity contribution in [3.63, 3.8) is 0 Å². The van der Waals surface area contributed by atoms with E-state index < -0.39 is 35.7 Å². The number of hydrogen-bond donors (Lipinski definition) is 2. The van der Waals surface area contributed by atoms with Crippen molar-refractivity contribution in [2.45, 2.75) is 19.0 Å². The average molecular weight is 439 g/mol. The summed E-state index contributed by atoms with van der Waals surface area (Å²) in [5.74, 6) is -1.52. The fraction of sp³-hybridized carbons (Fsp3) is 0.190. The van der Waals surface area contributed by atoms with Crippen molar-refractivity contribution in [2.24, 2.45) is 0 Å². The number of urea groups is 1. The SMILES string of the molecule is CC1(c2ccc(F)cc2)NC(=O)N(CC(=O)NCc2nc(-c3ccncc3)cs2)C1=O. The maximum Gasteiger partial charge on any atom is 0.325 e. The van der Waals surface area contributed by atoms with Gasteiger partial charge in [-0.05, 0) is 36.8 Å². The summed E-state index contributed by atoms with van der Waals surface area (Å²) in [6, 6.07) is 8.29. The maximum atomic E-state index is 13.2. The van der Waals surface area contributed by atoms with Crippen molar-refractivity contribution in [1.82, 2.24) is 25.5 Å². The van der Waals surface area contributed by atoms with Crippen LogP contribution in [0.1, 0.15) is 17.5 Å². The van der Waals surface area contributed by atoms with Crippen LogP contribution in [0.25, 0.3) is 11.3 Å². The van der Waals surface area contributed by atoms with E-state index in [-0.39, 0.29) is 6.54 Å². The van der Waals surface area contributed by atoms with E-state index in [9.17, 15) is 18.8 Å². The Hall–Kier alpha value is -3.66. The minimum Gasteiger partial charge on any atom is -0.348 e. The molecule has 0 spiro atoms. The molecule has 0 saturated carbocycles. The summed E-state index contributed by atoms with van der Waals surface area (Å²) in [7, 11) is 0. The van der Waals surface area contributed by atoms with Gasteiger partial charge in [-0.2, -0.15) is 0 Å². The lowest BCUT2D eigenvalue weighted by Gasteiger charge is -2.22. The standard InChI is InChI=1S/C21H18FN5O3S/c1-21(14-2-4-15(22)5-3-14)19(29)27(20(30)26-21)11-17(28)24-10-18-25-16(12-31-18)13-6-8-23-9-7-13/h2-9,12H,10-11H2,1H3,(H,24,28)(H,26,30). The Kier molecular flexibility index (Phi) is 5.47. The molecule has 2 N–H and O–H groups in total. The zero-order valence-electron chi connectivity index (χ0n) is 16.5. The average Bonchev–Trinajstić information content (AvgIpc) is 3.33. The highest BCUT2D eigenvalue weighted by molar-refractivity contribution is 7.09. The Balaban J connectivity index is 1.37. The molecule has 1 saturated heterocycles. The topological polar surface area (TPSA) is 104 Å². The van der Waals surface area contributed by atoms with Crippen molar-refractivity contribution in [3.8, 4) is 11.3 Å². The molecular formula is C21H18FN5O3S. The predicted octanol–water partition coefficient (Wildman–Crippen LogP) is 2.43. The molecule has 4 amide bonds. The summed E-state index contributed by atoms with van der Waals surface area (Å²) in [5, 5.41) is 7.83. The Bertz CT molecular complexity index is 1140. The molecule has 3 heterocycles. The largest absolute Gasteiger partial charge is 0.348 e. The molecule has 31 heavy (non-hydrogen) atoms. The second kappa shape index (κ2) is 8.23. The first-order valence-corrected chi connectivity index (χ1v) is 10.3. The normalized spacial score (nSPS) is 18.2. The van der Waals surface area contributed by atoms with E-state index in [1.165, 1.54) is 42.5 Å². The van der Waals surface area contributed by atoms with Gasteiger partial charge in [-0.1, -0.05) is 12.1 Å². The maximum absolute atomic E-state index is 13.2. The monoisotopic (exact) mass is 439 g/mol. The fourth-order valence-corrected chi connectivity index (χ4v) is 3.98. The smallest absolute Gasteiger partial charge is 0.325 e. The van der Waals surface area contributed by atoms with Gasteiger partial charge in [0.1, 0.15) is 22.9 Å². The number of imide groups is 1. The lowest BCUT2D eigenvalue weighted by Crippen LogP contribution is -2.43. The van der Waals surface area contributed by atoms with Gasteiger partial charge in [0.2, 0.25) is 5.91 Å². The van der Waals surface area contributed by atoms with Crippen LogP contribution in [0.4, 0.5) is 9.18 Å². The second-order valence-corrected chi connectivity index (χ2v) is 8.04. The van der Waals surface area contributed by atoms with Gasteiger partial charge < -0.3 is 10.6 Å². The van der Waals surface area contributed by atoms with E-state index in [1.807, 2.05) is 17.5 Å². The molecular weight excluding hydrogens is 421 g/mol. The Morgan fingerprint density at radius 3 is 2.61 bits per heavy atom. The van der Waals surface area contributed by atoms with E-state index in [0.29, 0.717) is 10.6 Å². The van der Waals surface area contributed by atoms with Crippen molar-refractivity contribution in [2.75, 3.05) is 6.54 Å². The number of pyridine rings is 1. The molecule has 0 bridgehead atoms. The molecule has 1 aliphatic rings. The van der Waals surface area contributed by atoms with E-state index in [2.05, 4.69) is 20.6 Å². The number of hydrogen-bond acceptors (Lipinski definition) is 6. The third kappa shape index (κ3) is 4.15. The van der Waals surface area contributed by atoms with Gasteiger partial charge in [0.15, 0.2) is 0 Å². The highest BCUT2D eigenvalue weighted by atomic mass is 32.1. The highest BCUT2D eigenvalue weighted by Crippen LogP contribution is 2.28. The van der Waals surface area contributed by atoms with Gasteiger partial charge >= 0.3 is 6.03 Å². The van der Waals surface area contributed by atoms with Gasteiger partial charge in [-0.3, -0.25) is 19.5 Å². The first-order valence-electron chi connectivity index (χ1n) is 9.38. The summed E-state index contributed by atoms with van der Waals surface area (Å²) < 4.78 is 13.2. The molecule has 1 atom stereocenters. The number of rotatable bonds is 6. The van der Waals surface area contributed by atoms with Crippen LogP contribution < -0.4 is 10.6 Å². The number of halogens is 1. The van der Waals surface area contributed by atoms with E-state index in [0.717, 1.165) is 16.2 Å². The summed E-state index contributed by atoms with van der Waals surface area (Å²) in [4.78, 5) is 46.8. The van der Waals surface area contributed by atoms with Gasteiger partial charge in [0.25, 0.3) is 5.91 Å². The van der Waals surface area contributed by atoms with Gasteiger partial charge in [-0.25, -0.2) is 14.2 Å². The molecule has 4 rings (SSSR count).